The number of aromatic nitrogens is 3. The molecular weight excluding hydrogens is 416 g/mol. The third-order valence-electron chi connectivity index (χ3n) is 5.53. The Bertz CT molecular complexity index is 1470. The van der Waals surface area contributed by atoms with Gasteiger partial charge in [0.1, 0.15) is 22.5 Å². The van der Waals surface area contributed by atoms with Crippen LogP contribution in [-0.2, 0) is 0 Å². The van der Waals surface area contributed by atoms with Gasteiger partial charge in [0.05, 0.1) is 11.3 Å². The van der Waals surface area contributed by atoms with Crippen LogP contribution in [0.2, 0.25) is 0 Å². The van der Waals surface area contributed by atoms with E-state index in [2.05, 4.69) is 15.5 Å². The van der Waals surface area contributed by atoms with Crippen molar-refractivity contribution in [2.45, 2.75) is 13.8 Å². The molecule has 33 heavy (non-hydrogen) atoms. The number of carbonyl (C=O) groups excluding carboxylic acids is 1. The zero-order valence-corrected chi connectivity index (χ0v) is 18.2. The number of benzene rings is 4. The summed E-state index contributed by atoms with van der Waals surface area (Å²) in [5.74, 6) is 0.132. The first-order chi connectivity index (χ1) is 16.0. The van der Waals surface area contributed by atoms with Gasteiger partial charge in [-0.15, -0.1) is 15.0 Å². The van der Waals surface area contributed by atoms with Crippen molar-refractivity contribution in [3.63, 3.8) is 0 Å². The second-order valence-electron chi connectivity index (χ2n) is 7.88. The van der Waals surface area contributed by atoms with E-state index in [0.717, 1.165) is 27.5 Å². The summed E-state index contributed by atoms with van der Waals surface area (Å²) < 4.78 is 5.72. The molecule has 2 N–H and O–H groups in total. The molecule has 1 amide bonds. The maximum atomic E-state index is 13.0. The van der Waals surface area contributed by atoms with E-state index in [0.29, 0.717) is 16.8 Å². The third-order valence-corrected chi connectivity index (χ3v) is 5.53. The number of nitrogens with zero attached hydrogens (tertiary/aromatic N) is 3. The lowest BCUT2D eigenvalue weighted by atomic mass is 10.0. The summed E-state index contributed by atoms with van der Waals surface area (Å²) in [6, 6.07) is 22.3. The number of hydrogen-bond acceptors (Lipinski definition) is 5. The molecule has 0 spiro atoms. The summed E-state index contributed by atoms with van der Waals surface area (Å²) in [5, 5.41) is 24.0. The smallest absolute Gasteiger partial charge is 0.257 e. The maximum absolute atomic E-state index is 13.0. The average Bonchev–Trinajstić information content (AvgIpc) is 3.25. The largest absolute Gasteiger partial charge is 0.506 e. The van der Waals surface area contributed by atoms with Crippen LogP contribution in [0.1, 0.15) is 21.5 Å². The van der Waals surface area contributed by atoms with Gasteiger partial charge in [0.2, 0.25) is 0 Å². The number of ether oxygens (including phenoxy) is 1. The number of aryl methyl sites for hydroxylation is 2. The lowest BCUT2D eigenvalue weighted by molar-refractivity contribution is 0.0916. The van der Waals surface area contributed by atoms with E-state index in [1.807, 2.05) is 74.5 Å². The summed E-state index contributed by atoms with van der Waals surface area (Å²) in [5.41, 5.74) is 4.31. The lowest BCUT2D eigenvalue weighted by Gasteiger charge is -2.14. The number of phenolic OH excluding ortho intramolecular Hbond substituents is 1. The Morgan fingerprint density at radius 3 is 2.30 bits per heavy atom. The fraction of sp³-hybridized carbons (Fsp3) is 0.115. The van der Waals surface area contributed by atoms with Crippen LogP contribution in [0.4, 0.5) is 0 Å². The highest BCUT2D eigenvalue weighted by Crippen LogP contribution is 2.33. The summed E-state index contributed by atoms with van der Waals surface area (Å²) in [6.07, 6.45) is 0. The third kappa shape index (κ3) is 3.85. The molecule has 1 aromatic heterocycles. The summed E-state index contributed by atoms with van der Waals surface area (Å²) in [7, 11) is 0. The Labute approximate surface area is 190 Å². The number of carbonyl (C=O) groups is 1. The molecule has 0 saturated heterocycles. The van der Waals surface area contributed by atoms with E-state index < -0.39 is 5.91 Å². The highest BCUT2D eigenvalue weighted by atomic mass is 16.5. The topological polar surface area (TPSA) is 89.3 Å². The molecule has 0 fully saturated rings. The van der Waals surface area contributed by atoms with Gasteiger partial charge in [-0.05, 0) is 43.7 Å². The van der Waals surface area contributed by atoms with Crippen LogP contribution in [0, 0.1) is 13.8 Å². The number of amides is 1. The van der Waals surface area contributed by atoms with Crippen LogP contribution in [0.15, 0.2) is 72.8 Å². The predicted molar refractivity (Wildman–Crippen MR) is 127 cm³/mol. The van der Waals surface area contributed by atoms with Gasteiger partial charge in [0, 0.05) is 10.8 Å². The zero-order chi connectivity index (χ0) is 22.9. The van der Waals surface area contributed by atoms with Crippen molar-refractivity contribution in [3.8, 4) is 17.2 Å². The van der Waals surface area contributed by atoms with E-state index in [1.54, 1.807) is 12.1 Å². The second kappa shape index (κ2) is 8.27. The number of hydrogen-bond donors (Lipinski definition) is 2. The standard InChI is InChI=1S/C26H22N4O3/c1-16-11-12-24(17(2)13-16)33-15-27-26(32)20-14-23(18-7-3-4-8-19(18)25(20)31)30-28-21-9-5-6-10-22(21)29-30/h3-14,31H,15H2,1-2H3,(H,27,32). The molecule has 5 rings (SSSR count). The molecule has 0 saturated carbocycles. The van der Waals surface area contributed by atoms with Gasteiger partial charge in [-0.1, -0.05) is 54.1 Å². The van der Waals surface area contributed by atoms with Crippen molar-refractivity contribution >= 4 is 27.7 Å². The first-order valence-corrected chi connectivity index (χ1v) is 10.6. The van der Waals surface area contributed by atoms with Crippen LogP contribution < -0.4 is 10.1 Å². The lowest BCUT2D eigenvalue weighted by Crippen LogP contribution is -2.28. The second-order valence-corrected chi connectivity index (χ2v) is 7.88. The summed E-state index contributed by atoms with van der Waals surface area (Å²) in [4.78, 5) is 14.5. The number of rotatable bonds is 5. The Hall–Kier alpha value is -4.39. The zero-order valence-electron chi connectivity index (χ0n) is 18.2. The van der Waals surface area contributed by atoms with E-state index in [4.69, 9.17) is 4.74 Å². The van der Waals surface area contributed by atoms with Crippen LogP contribution >= 0.6 is 0 Å². The summed E-state index contributed by atoms with van der Waals surface area (Å²) >= 11 is 0. The van der Waals surface area contributed by atoms with Gasteiger partial charge < -0.3 is 15.2 Å². The molecule has 0 atom stereocenters. The van der Waals surface area contributed by atoms with Crippen molar-refractivity contribution in [2.75, 3.05) is 6.73 Å². The molecule has 0 bridgehead atoms. The minimum absolute atomic E-state index is 0.0335. The number of aromatic hydroxyl groups is 1. The number of nitrogens with one attached hydrogen (secondary N) is 1. The molecule has 0 unspecified atom stereocenters. The monoisotopic (exact) mass is 438 g/mol. The van der Waals surface area contributed by atoms with E-state index in [9.17, 15) is 9.90 Å². The highest BCUT2D eigenvalue weighted by Gasteiger charge is 2.19. The Morgan fingerprint density at radius 2 is 1.61 bits per heavy atom. The number of fused-ring (bicyclic) bond motifs is 2. The fourth-order valence-corrected chi connectivity index (χ4v) is 3.88. The SMILES string of the molecule is Cc1ccc(OCNC(=O)c2cc(-n3nc4ccccc4n3)c3ccccc3c2O)c(C)c1. The Kier molecular flexibility index (Phi) is 5.14. The first kappa shape index (κ1) is 20.5. The molecule has 4 aromatic carbocycles. The van der Waals surface area contributed by atoms with Crippen molar-refractivity contribution in [1.82, 2.24) is 20.3 Å². The Morgan fingerprint density at radius 1 is 0.939 bits per heavy atom. The molecule has 1 heterocycles. The average molecular weight is 438 g/mol. The molecule has 0 radical (unpaired) electrons. The molecule has 0 aliphatic heterocycles. The van der Waals surface area contributed by atoms with Crippen molar-refractivity contribution in [3.05, 3.63) is 89.5 Å². The highest BCUT2D eigenvalue weighted by molar-refractivity contribution is 6.06. The molecule has 7 nitrogen and oxygen atoms in total. The minimum Gasteiger partial charge on any atom is -0.506 e. The van der Waals surface area contributed by atoms with Gasteiger partial charge >= 0.3 is 0 Å². The van der Waals surface area contributed by atoms with Crippen LogP contribution in [-0.4, -0.2) is 32.7 Å². The fourth-order valence-electron chi connectivity index (χ4n) is 3.88. The van der Waals surface area contributed by atoms with Gasteiger partial charge in [-0.25, -0.2) is 0 Å². The first-order valence-electron chi connectivity index (χ1n) is 10.6. The maximum Gasteiger partial charge on any atom is 0.257 e. The molecule has 0 aliphatic rings. The van der Waals surface area contributed by atoms with Gasteiger partial charge in [0.25, 0.3) is 5.91 Å². The van der Waals surface area contributed by atoms with Crippen molar-refractivity contribution in [1.29, 1.82) is 0 Å². The van der Waals surface area contributed by atoms with Crippen LogP contribution in [0.3, 0.4) is 0 Å². The molecule has 5 aromatic rings. The molecular formula is C26H22N4O3. The van der Waals surface area contributed by atoms with Crippen molar-refractivity contribution < 1.29 is 14.6 Å². The van der Waals surface area contributed by atoms with Gasteiger partial charge in [0.15, 0.2) is 6.73 Å². The normalized spacial score (nSPS) is 11.1. The number of phenols is 1. The van der Waals surface area contributed by atoms with E-state index >= 15 is 0 Å². The quantitative estimate of drug-likeness (QED) is 0.390. The summed E-state index contributed by atoms with van der Waals surface area (Å²) in [6.45, 7) is 3.93. The van der Waals surface area contributed by atoms with Crippen LogP contribution in [0.25, 0.3) is 27.5 Å². The minimum atomic E-state index is -0.457. The molecule has 0 aliphatic carbocycles. The molecule has 164 valence electrons. The van der Waals surface area contributed by atoms with Gasteiger partial charge in [-0.3, -0.25) is 4.79 Å². The Balaban J connectivity index is 1.48. The molecule has 7 heteroatoms. The predicted octanol–water partition coefficient (Wildman–Crippen LogP) is 4.66. The van der Waals surface area contributed by atoms with Crippen molar-refractivity contribution in [2.24, 2.45) is 0 Å². The van der Waals surface area contributed by atoms with Crippen LogP contribution in [0.5, 0.6) is 11.5 Å². The van der Waals surface area contributed by atoms with E-state index in [-0.39, 0.29) is 18.0 Å². The van der Waals surface area contributed by atoms with Gasteiger partial charge in [-0.2, -0.15) is 0 Å². The van der Waals surface area contributed by atoms with E-state index in [1.165, 1.54) is 4.80 Å².